The summed E-state index contributed by atoms with van der Waals surface area (Å²) in [5, 5.41) is 10.8. The Hall–Kier alpha value is -3.95. The summed E-state index contributed by atoms with van der Waals surface area (Å²) in [5.74, 6) is 0.896. The molecule has 1 amide bonds. The van der Waals surface area contributed by atoms with Crippen LogP contribution >= 0.6 is 23.2 Å². The van der Waals surface area contributed by atoms with Crippen molar-refractivity contribution in [2.45, 2.75) is 39.4 Å². The van der Waals surface area contributed by atoms with Gasteiger partial charge in [-0.1, -0.05) is 61.3 Å². The lowest BCUT2D eigenvalue weighted by Gasteiger charge is -2.21. The molecule has 0 fully saturated rings. The zero-order valence-electron chi connectivity index (χ0n) is 22.5. The Kier molecular flexibility index (Phi) is 9.74. The van der Waals surface area contributed by atoms with Crippen LogP contribution in [-0.4, -0.2) is 31.5 Å². The van der Waals surface area contributed by atoms with Crippen molar-refractivity contribution in [1.82, 2.24) is 24.8 Å². The Morgan fingerprint density at radius 2 is 1.75 bits per heavy atom. The monoisotopic (exact) mass is 579 g/mol. The van der Waals surface area contributed by atoms with Crippen molar-refractivity contribution in [1.29, 1.82) is 0 Å². The fraction of sp³-hybridized carbons (Fsp3) is 0.276. The lowest BCUT2D eigenvalue weighted by molar-refractivity contribution is -0.122. The van der Waals surface area contributed by atoms with Crippen LogP contribution in [0.4, 0.5) is 11.8 Å². The summed E-state index contributed by atoms with van der Waals surface area (Å²) in [7, 11) is 1.63. The van der Waals surface area contributed by atoms with Gasteiger partial charge in [-0.25, -0.2) is 14.8 Å². The number of carbonyl (C=O) groups excluding carboxylic acids is 1. The molecule has 0 aliphatic carbocycles. The number of aromatic nitrogens is 4. The number of anilines is 2. The van der Waals surface area contributed by atoms with Crippen molar-refractivity contribution in [3.05, 3.63) is 98.6 Å². The molecule has 2 heterocycles. The maximum absolute atomic E-state index is 13.3. The fourth-order valence-electron chi connectivity index (χ4n) is 4.02. The van der Waals surface area contributed by atoms with Crippen LogP contribution in [0.25, 0.3) is 11.3 Å². The lowest BCUT2D eigenvalue weighted by atomic mass is 10.0. The summed E-state index contributed by atoms with van der Waals surface area (Å²) in [5.41, 5.74) is 2.70. The number of carbonyl (C=O) groups is 1. The highest BCUT2D eigenvalue weighted by atomic mass is 35.5. The number of aryl methyl sites for hydroxylation is 1. The van der Waals surface area contributed by atoms with Gasteiger partial charge in [0.25, 0.3) is 0 Å². The van der Waals surface area contributed by atoms with E-state index in [1.165, 1.54) is 10.8 Å². The van der Waals surface area contributed by atoms with Crippen LogP contribution in [0.15, 0.2) is 71.8 Å². The standard InChI is InChI=1S/C29H31Cl2N7O2/c1-18(2)11-25(27(39)32-14-19-7-9-22(30)10-8-19)35-26-13-24(21-16-34-29(40)38(3)17-21)36-28(37-26)33-15-20-5-4-6-23(31)12-20/h4-10,12-13,16-18,25H,11,14-15H2,1-3H3,(H,32,39)(H2,33,35,36,37)/t25-/m0/s1. The van der Waals surface area contributed by atoms with Gasteiger partial charge in [0.1, 0.15) is 11.9 Å². The van der Waals surface area contributed by atoms with E-state index in [-0.39, 0.29) is 17.5 Å². The average molecular weight is 581 g/mol. The highest BCUT2D eigenvalue weighted by Gasteiger charge is 2.21. The van der Waals surface area contributed by atoms with Crippen molar-refractivity contribution in [3.8, 4) is 11.3 Å². The van der Waals surface area contributed by atoms with Gasteiger partial charge < -0.3 is 20.5 Å². The predicted octanol–water partition coefficient (Wildman–Crippen LogP) is 5.30. The summed E-state index contributed by atoms with van der Waals surface area (Å²) in [4.78, 5) is 38.3. The Morgan fingerprint density at radius 3 is 2.45 bits per heavy atom. The number of amides is 1. The maximum atomic E-state index is 13.3. The average Bonchev–Trinajstić information content (AvgIpc) is 2.92. The molecule has 0 aliphatic rings. The minimum atomic E-state index is -0.547. The first-order valence-electron chi connectivity index (χ1n) is 12.9. The third-order valence-corrected chi connectivity index (χ3v) is 6.52. The third-order valence-electron chi connectivity index (χ3n) is 6.04. The number of hydrogen-bond acceptors (Lipinski definition) is 7. The van der Waals surface area contributed by atoms with E-state index in [2.05, 4.69) is 44.7 Å². The van der Waals surface area contributed by atoms with Crippen LogP contribution in [0.1, 0.15) is 31.4 Å². The second-order valence-corrected chi connectivity index (χ2v) is 10.7. The molecule has 3 N–H and O–H groups in total. The first-order chi connectivity index (χ1) is 19.2. The Labute approximate surface area is 243 Å². The summed E-state index contributed by atoms with van der Waals surface area (Å²) < 4.78 is 1.38. The molecule has 11 heteroatoms. The molecule has 40 heavy (non-hydrogen) atoms. The van der Waals surface area contributed by atoms with E-state index in [0.717, 1.165) is 11.1 Å². The van der Waals surface area contributed by atoms with Gasteiger partial charge >= 0.3 is 5.69 Å². The zero-order valence-corrected chi connectivity index (χ0v) is 24.0. The number of hydrogen-bond donors (Lipinski definition) is 3. The highest BCUT2D eigenvalue weighted by molar-refractivity contribution is 6.30. The molecular formula is C29H31Cl2N7O2. The second-order valence-electron chi connectivity index (χ2n) is 9.85. The van der Waals surface area contributed by atoms with Gasteiger partial charge in [-0.3, -0.25) is 4.79 Å². The van der Waals surface area contributed by atoms with E-state index in [4.69, 9.17) is 23.2 Å². The molecule has 0 unspecified atom stereocenters. The molecule has 2 aromatic carbocycles. The van der Waals surface area contributed by atoms with Crippen molar-refractivity contribution in [3.63, 3.8) is 0 Å². The van der Waals surface area contributed by atoms with Crippen molar-refractivity contribution < 1.29 is 4.79 Å². The van der Waals surface area contributed by atoms with E-state index in [0.29, 0.717) is 52.6 Å². The minimum absolute atomic E-state index is 0.152. The van der Waals surface area contributed by atoms with Crippen LogP contribution in [0, 0.1) is 5.92 Å². The molecule has 0 saturated heterocycles. The molecule has 2 aromatic heterocycles. The number of nitrogens with one attached hydrogen (secondary N) is 3. The Balaban J connectivity index is 1.60. The van der Waals surface area contributed by atoms with E-state index in [9.17, 15) is 9.59 Å². The molecule has 0 aliphatic heterocycles. The molecule has 0 radical (unpaired) electrons. The lowest BCUT2D eigenvalue weighted by Crippen LogP contribution is -2.40. The quantitative estimate of drug-likeness (QED) is 0.221. The van der Waals surface area contributed by atoms with E-state index < -0.39 is 6.04 Å². The van der Waals surface area contributed by atoms with Gasteiger partial charge in [-0.05, 0) is 47.7 Å². The minimum Gasteiger partial charge on any atom is -0.358 e. The van der Waals surface area contributed by atoms with Gasteiger partial charge in [0, 0.05) is 54.2 Å². The van der Waals surface area contributed by atoms with Crippen molar-refractivity contribution in [2.75, 3.05) is 10.6 Å². The van der Waals surface area contributed by atoms with Crippen molar-refractivity contribution >= 4 is 40.9 Å². The maximum Gasteiger partial charge on any atom is 0.347 e. The summed E-state index contributed by atoms with van der Waals surface area (Å²) in [6.45, 7) is 4.92. The van der Waals surface area contributed by atoms with Gasteiger partial charge in [-0.2, -0.15) is 4.98 Å². The number of nitrogens with zero attached hydrogens (tertiary/aromatic N) is 4. The van der Waals surface area contributed by atoms with Gasteiger partial charge in [-0.15, -0.1) is 0 Å². The van der Waals surface area contributed by atoms with Crippen LogP contribution < -0.4 is 21.6 Å². The summed E-state index contributed by atoms with van der Waals surface area (Å²) in [6.07, 6.45) is 3.71. The first-order valence-corrected chi connectivity index (χ1v) is 13.6. The topological polar surface area (TPSA) is 114 Å². The Morgan fingerprint density at radius 1 is 0.975 bits per heavy atom. The van der Waals surface area contributed by atoms with E-state index >= 15 is 0 Å². The highest BCUT2D eigenvalue weighted by Crippen LogP contribution is 2.22. The summed E-state index contributed by atoms with van der Waals surface area (Å²) in [6, 6.07) is 16.0. The van der Waals surface area contributed by atoms with Crippen LogP contribution in [0.5, 0.6) is 0 Å². The number of benzene rings is 2. The normalized spacial score (nSPS) is 11.8. The Bertz CT molecular complexity index is 1520. The first kappa shape index (κ1) is 29.0. The van der Waals surface area contributed by atoms with Gasteiger partial charge in [0.2, 0.25) is 11.9 Å². The largest absolute Gasteiger partial charge is 0.358 e. The molecule has 9 nitrogen and oxygen atoms in total. The number of rotatable bonds is 11. The molecule has 0 bridgehead atoms. The fourth-order valence-corrected chi connectivity index (χ4v) is 4.36. The third kappa shape index (κ3) is 8.27. The van der Waals surface area contributed by atoms with Gasteiger partial charge in [0.05, 0.1) is 5.69 Å². The van der Waals surface area contributed by atoms with Crippen LogP contribution in [0.2, 0.25) is 10.0 Å². The van der Waals surface area contributed by atoms with Crippen LogP contribution in [0.3, 0.4) is 0 Å². The SMILES string of the molecule is CC(C)C[C@H](Nc1cc(-c2cnc(=O)n(C)c2)nc(NCc2cccc(Cl)c2)n1)C(=O)NCc1ccc(Cl)cc1. The molecular weight excluding hydrogens is 549 g/mol. The van der Waals surface area contributed by atoms with Gasteiger partial charge in [0.15, 0.2) is 0 Å². The molecule has 1 atom stereocenters. The molecule has 208 valence electrons. The van der Waals surface area contributed by atoms with E-state index in [1.54, 1.807) is 31.4 Å². The van der Waals surface area contributed by atoms with E-state index in [1.807, 2.05) is 36.4 Å². The summed E-state index contributed by atoms with van der Waals surface area (Å²) >= 11 is 12.1. The second kappa shape index (κ2) is 13.4. The van der Waals surface area contributed by atoms with Crippen molar-refractivity contribution in [2.24, 2.45) is 13.0 Å². The predicted molar refractivity (Wildman–Crippen MR) is 159 cm³/mol. The molecule has 4 rings (SSSR count). The number of halogens is 2. The molecule has 0 spiro atoms. The van der Waals surface area contributed by atoms with Crippen LogP contribution in [-0.2, 0) is 24.9 Å². The molecule has 0 saturated carbocycles. The molecule has 4 aromatic rings. The smallest absolute Gasteiger partial charge is 0.347 e. The zero-order chi connectivity index (χ0) is 28.6.